The van der Waals surface area contributed by atoms with Gasteiger partial charge in [0, 0.05) is 10.0 Å². The first-order valence-corrected chi connectivity index (χ1v) is 10.4. The van der Waals surface area contributed by atoms with Crippen molar-refractivity contribution >= 4 is 39.5 Å². The van der Waals surface area contributed by atoms with Gasteiger partial charge < -0.3 is 9.47 Å². The summed E-state index contributed by atoms with van der Waals surface area (Å²) >= 11 is 3.41. The van der Waals surface area contributed by atoms with Crippen molar-refractivity contribution in [2.24, 2.45) is 0 Å². The lowest BCUT2D eigenvalue weighted by molar-refractivity contribution is -0.117. The molecule has 0 atom stereocenters. The zero-order valence-corrected chi connectivity index (χ0v) is 18.6. The second-order valence-electron chi connectivity index (χ2n) is 6.92. The van der Waals surface area contributed by atoms with Gasteiger partial charge >= 0.3 is 0 Å². The molecule has 3 aromatic rings. The number of carbonyl (C=O) groups is 2. The zero-order valence-electron chi connectivity index (χ0n) is 17.0. The molecule has 0 radical (unpaired) electrons. The Morgan fingerprint density at radius 1 is 1.06 bits per heavy atom. The number of benzene rings is 3. The van der Waals surface area contributed by atoms with Crippen molar-refractivity contribution in [3.63, 3.8) is 0 Å². The summed E-state index contributed by atoms with van der Waals surface area (Å²) in [5.74, 6) is -0.671. The molecule has 1 aliphatic rings. The summed E-state index contributed by atoms with van der Waals surface area (Å²) in [6.07, 6.45) is 1.45. The molecule has 2 amide bonds. The Hall–Kier alpha value is -3.65. The van der Waals surface area contributed by atoms with Crippen LogP contribution in [0.3, 0.4) is 0 Å². The molecule has 4 rings (SSSR count). The van der Waals surface area contributed by atoms with E-state index >= 15 is 0 Å². The molecule has 3 aromatic carbocycles. The number of para-hydroxylation sites is 1. The van der Waals surface area contributed by atoms with Crippen molar-refractivity contribution in [3.05, 3.63) is 93.7 Å². The summed E-state index contributed by atoms with van der Waals surface area (Å²) < 4.78 is 25.6. The molecule has 1 N–H and O–H groups in total. The van der Waals surface area contributed by atoms with Crippen LogP contribution in [0.25, 0.3) is 6.08 Å². The van der Waals surface area contributed by atoms with Gasteiger partial charge in [0.2, 0.25) is 0 Å². The van der Waals surface area contributed by atoms with Gasteiger partial charge in [-0.05, 0) is 48.0 Å². The van der Waals surface area contributed by atoms with Gasteiger partial charge in [0.1, 0.15) is 18.0 Å². The summed E-state index contributed by atoms with van der Waals surface area (Å²) in [4.78, 5) is 25.5. The molecule has 0 aromatic heterocycles. The molecule has 1 fully saturated rings. The average molecular weight is 497 g/mol. The standard InChI is InChI=1S/C24H18BrFN2O4/c1-31-21-13-17(25)11-16(22(21)32-14-15-6-5-7-18(26)10-15)12-20-23(29)27-28(24(20)30)19-8-3-2-4-9-19/h2-13H,14H2,1H3,(H,27,29). The third-order valence-electron chi connectivity index (χ3n) is 4.75. The van der Waals surface area contributed by atoms with E-state index in [0.717, 1.165) is 0 Å². The van der Waals surface area contributed by atoms with Crippen LogP contribution >= 0.6 is 15.9 Å². The number of nitrogens with one attached hydrogen (secondary N) is 1. The lowest BCUT2D eigenvalue weighted by Crippen LogP contribution is -2.35. The first-order chi connectivity index (χ1) is 15.5. The largest absolute Gasteiger partial charge is 0.493 e. The van der Waals surface area contributed by atoms with Gasteiger partial charge in [-0.15, -0.1) is 0 Å². The Balaban J connectivity index is 1.69. The summed E-state index contributed by atoms with van der Waals surface area (Å²) in [5, 5.41) is 1.19. The molecule has 162 valence electrons. The van der Waals surface area contributed by atoms with Gasteiger partial charge in [-0.25, -0.2) is 9.40 Å². The van der Waals surface area contributed by atoms with E-state index in [1.54, 1.807) is 48.5 Å². The van der Waals surface area contributed by atoms with Crippen LogP contribution in [0.5, 0.6) is 11.5 Å². The Morgan fingerprint density at radius 2 is 1.84 bits per heavy atom. The number of halogens is 2. The normalized spacial score (nSPS) is 14.6. The highest BCUT2D eigenvalue weighted by atomic mass is 79.9. The highest BCUT2D eigenvalue weighted by Gasteiger charge is 2.34. The van der Waals surface area contributed by atoms with Crippen LogP contribution in [0.1, 0.15) is 11.1 Å². The Kier molecular flexibility index (Phi) is 6.23. The lowest BCUT2D eigenvalue weighted by Gasteiger charge is -2.15. The Bertz CT molecular complexity index is 1210. The highest BCUT2D eigenvalue weighted by Crippen LogP contribution is 2.37. The van der Waals surface area contributed by atoms with Crippen LogP contribution in [0.4, 0.5) is 10.1 Å². The Morgan fingerprint density at radius 3 is 2.56 bits per heavy atom. The zero-order chi connectivity index (χ0) is 22.7. The van der Waals surface area contributed by atoms with Gasteiger partial charge in [0.15, 0.2) is 11.5 Å². The van der Waals surface area contributed by atoms with Gasteiger partial charge in [0.25, 0.3) is 11.8 Å². The van der Waals surface area contributed by atoms with Crippen molar-refractivity contribution in [2.75, 3.05) is 12.1 Å². The number of ether oxygens (including phenoxy) is 2. The number of rotatable bonds is 6. The van der Waals surface area contributed by atoms with Crippen LogP contribution in [0.15, 0.2) is 76.8 Å². The molecule has 0 bridgehead atoms. The van der Waals surface area contributed by atoms with Crippen LogP contribution in [0.2, 0.25) is 0 Å². The summed E-state index contributed by atoms with van der Waals surface area (Å²) in [7, 11) is 1.48. The van der Waals surface area contributed by atoms with E-state index < -0.39 is 11.8 Å². The molecule has 0 saturated carbocycles. The smallest absolute Gasteiger partial charge is 0.282 e. The first kappa shape index (κ1) is 21.6. The monoisotopic (exact) mass is 496 g/mol. The van der Waals surface area contributed by atoms with Gasteiger partial charge in [-0.3, -0.25) is 15.0 Å². The number of hydrogen-bond donors (Lipinski definition) is 1. The average Bonchev–Trinajstić information content (AvgIpc) is 3.07. The molecule has 1 saturated heterocycles. The maximum atomic E-state index is 13.5. The molecule has 8 heteroatoms. The van der Waals surface area contributed by atoms with Crippen LogP contribution < -0.4 is 19.9 Å². The molecule has 6 nitrogen and oxygen atoms in total. The van der Waals surface area contributed by atoms with Crippen molar-refractivity contribution in [1.82, 2.24) is 5.43 Å². The minimum atomic E-state index is -0.533. The van der Waals surface area contributed by atoms with Gasteiger partial charge in [0.05, 0.1) is 12.8 Å². The third kappa shape index (κ3) is 4.50. The molecular formula is C24H18BrFN2O4. The van der Waals surface area contributed by atoms with E-state index in [1.165, 1.54) is 30.3 Å². The fourth-order valence-electron chi connectivity index (χ4n) is 3.26. The van der Waals surface area contributed by atoms with E-state index in [2.05, 4.69) is 21.4 Å². The van der Waals surface area contributed by atoms with Crippen molar-refractivity contribution in [3.8, 4) is 11.5 Å². The molecule has 0 spiro atoms. The summed E-state index contributed by atoms with van der Waals surface area (Å²) in [6, 6.07) is 18.3. The van der Waals surface area contributed by atoms with Crippen LogP contribution in [-0.2, 0) is 16.2 Å². The van der Waals surface area contributed by atoms with E-state index in [4.69, 9.17) is 9.47 Å². The van der Waals surface area contributed by atoms with Gasteiger partial charge in [-0.2, -0.15) is 0 Å². The van der Waals surface area contributed by atoms with Crippen molar-refractivity contribution in [2.45, 2.75) is 6.61 Å². The van der Waals surface area contributed by atoms with E-state index in [-0.39, 0.29) is 18.0 Å². The third-order valence-corrected chi connectivity index (χ3v) is 5.20. The summed E-state index contributed by atoms with van der Waals surface area (Å²) in [5.41, 5.74) is 4.14. The van der Waals surface area contributed by atoms with Crippen molar-refractivity contribution in [1.29, 1.82) is 0 Å². The number of methoxy groups -OCH3 is 1. The maximum absolute atomic E-state index is 13.5. The molecule has 1 aliphatic heterocycles. The minimum Gasteiger partial charge on any atom is -0.493 e. The van der Waals surface area contributed by atoms with Crippen LogP contribution in [0, 0.1) is 5.82 Å². The second kappa shape index (κ2) is 9.23. The lowest BCUT2D eigenvalue weighted by atomic mass is 10.1. The second-order valence-corrected chi connectivity index (χ2v) is 7.84. The van der Waals surface area contributed by atoms with E-state index in [0.29, 0.717) is 32.8 Å². The highest BCUT2D eigenvalue weighted by molar-refractivity contribution is 9.10. The quantitative estimate of drug-likeness (QED) is 0.398. The van der Waals surface area contributed by atoms with Crippen LogP contribution in [-0.4, -0.2) is 18.9 Å². The number of anilines is 1. The number of carbonyl (C=O) groups excluding carboxylic acids is 2. The molecule has 0 unspecified atom stereocenters. The molecule has 0 aliphatic carbocycles. The number of nitrogens with zero attached hydrogens (tertiary/aromatic N) is 1. The number of hydrazine groups is 1. The number of hydrogen-bond acceptors (Lipinski definition) is 4. The fraction of sp³-hybridized carbons (Fsp3) is 0.0833. The first-order valence-electron chi connectivity index (χ1n) is 9.63. The molecular weight excluding hydrogens is 479 g/mol. The van der Waals surface area contributed by atoms with Gasteiger partial charge in [-0.1, -0.05) is 46.3 Å². The predicted molar refractivity (Wildman–Crippen MR) is 121 cm³/mol. The van der Waals surface area contributed by atoms with E-state index in [1.807, 2.05) is 6.07 Å². The predicted octanol–water partition coefficient (Wildman–Crippen LogP) is 4.64. The number of amides is 2. The minimum absolute atomic E-state index is 0.0513. The van der Waals surface area contributed by atoms with Crippen molar-refractivity contribution < 1.29 is 23.5 Å². The maximum Gasteiger partial charge on any atom is 0.282 e. The van der Waals surface area contributed by atoms with E-state index in [9.17, 15) is 14.0 Å². The molecule has 1 heterocycles. The topological polar surface area (TPSA) is 67.9 Å². The molecule has 32 heavy (non-hydrogen) atoms. The fourth-order valence-corrected chi connectivity index (χ4v) is 3.71. The SMILES string of the molecule is COc1cc(Br)cc(C=C2C(=O)NN(c3ccccc3)C2=O)c1OCc1cccc(F)c1. The summed E-state index contributed by atoms with van der Waals surface area (Å²) in [6.45, 7) is 0.0716. The Labute approximate surface area is 192 Å².